The van der Waals surface area contributed by atoms with Gasteiger partial charge in [-0.25, -0.2) is 19.9 Å². The second-order valence-corrected chi connectivity index (χ2v) is 11.7. The average molecular weight is 600 g/mol. The normalized spacial score (nSPS) is 16.1. The minimum atomic E-state index is -4.60. The number of nitrogens with zero attached hydrogens (tertiary/aromatic N) is 6. The number of halogens is 3. The highest BCUT2D eigenvalue weighted by Crippen LogP contribution is 2.38. The molecule has 42 heavy (non-hydrogen) atoms. The summed E-state index contributed by atoms with van der Waals surface area (Å²) < 4.78 is 48.3. The average Bonchev–Trinajstić information content (AvgIpc) is 3.35. The summed E-state index contributed by atoms with van der Waals surface area (Å²) in [5.74, 6) is 0.972. The number of ether oxygens (including phenoxy) is 1. The molecule has 1 amide bonds. The zero-order chi connectivity index (χ0) is 30.0. The van der Waals surface area contributed by atoms with Crippen LogP contribution in [-0.2, 0) is 11.0 Å². The third-order valence-electron chi connectivity index (χ3n) is 6.92. The molecule has 222 valence electrons. The van der Waals surface area contributed by atoms with Crippen LogP contribution in [0.3, 0.4) is 0 Å². The Labute approximate surface area is 245 Å². The van der Waals surface area contributed by atoms with E-state index in [4.69, 9.17) is 4.74 Å². The van der Waals surface area contributed by atoms with Gasteiger partial charge in [-0.3, -0.25) is 9.69 Å². The molecule has 5 rings (SSSR count). The van der Waals surface area contributed by atoms with Crippen LogP contribution in [0, 0.1) is 5.92 Å². The lowest BCUT2D eigenvalue weighted by Gasteiger charge is -2.42. The lowest BCUT2D eigenvalue weighted by Crippen LogP contribution is -2.51. The van der Waals surface area contributed by atoms with Crippen molar-refractivity contribution in [3.05, 3.63) is 48.4 Å². The Kier molecular flexibility index (Phi) is 8.60. The maximum absolute atomic E-state index is 13.8. The van der Waals surface area contributed by atoms with E-state index in [-0.39, 0.29) is 23.8 Å². The molecule has 0 radical (unpaired) electrons. The minimum absolute atomic E-state index is 0.103. The molecule has 4 aromatic rings. The van der Waals surface area contributed by atoms with Crippen molar-refractivity contribution in [2.24, 2.45) is 5.92 Å². The van der Waals surface area contributed by atoms with Crippen molar-refractivity contribution in [1.82, 2.24) is 24.8 Å². The van der Waals surface area contributed by atoms with Crippen LogP contribution in [0.2, 0.25) is 0 Å². The van der Waals surface area contributed by atoms with Crippen molar-refractivity contribution in [2.75, 3.05) is 30.4 Å². The number of carbonyl (C=O) groups is 1. The van der Waals surface area contributed by atoms with E-state index in [0.29, 0.717) is 33.6 Å². The van der Waals surface area contributed by atoms with Gasteiger partial charge in [0.25, 0.3) is 0 Å². The van der Waals surface area contributed by atoms with Crippen LogP contribution >= 0.6 is 11.3 Å². The second kappa shape index (κ2) is 12.2. The highest BCUT2D eigenvalue weighted by Gasteiger charge is 2.35. The zero-order valence-electron chi connectivity index (χ0n) is 23.8. The van der Waals surface area contributed by atoms with E-state index >= 15 is 0 Å². The fourth-order valence-electron chi connectivity index (χ4n) is 5.18. The molecule has 0 aliphatic carbocycles. The highest BCUT2D eigenvalue weighted by molar-refractivity contribution is 7.22. The first kappa shape index (κ1) is 29.6. The van der Waals surface area contributed by atoms with E-state index in [1.165, 1.54) is 30.7 Å². The van der Waals surface area contributed by atoms with Gasteiger partial charge in [-0.15, -0.1) is 0 Å². The van der Waals surface area contributed by atoms with Crippen molar-refractivity contribution in [3.8, 4) is 22.9 Å². The molecule has 13 heteroatoms. The van der Waals surface area contributed by atoms with Crippen molar-refractivity contribution in [2.45, 2.75) is 52.4 Å². The van der Waals surface area contributed by atoms with Crippen LogP contribution in [0.25, 0.3) is 21.5 Å². The third kappa shape index (κ3) is 6.62. The van der Waals surface area contributed by atoms with Gasteiger partial charge in [-0.2, -0.15) is 13.2 Å². The van der Waals surface area contributed by atoms with Crippen molar-refractivity contribution in [1.29, 1.82) is 0 Å². The van der Waals surface area contributed by atoms with Gasteiger partial charge >= 0.3 is 6.18 Å². The number of para-hydroxylation sites is 1. The van der Waals surface area contributed by atoms with Gasteiger partial charge in [0.2, 0.25) is 11.8 Å². The summed E-state index contributed by atoms with van der Waals surface area (Å²) >= 11 is 1.31. The van der Waals surface area contributed by atoms with Gasteiger partial charge in [0.05, 0.1) is 16.6 Å². The van der Waals surface area contributed by atoms with Gasteiger partial charge in [0.15, 0.2) is 10.9 Å². The number of nitrogens with one attached hydrogen (secondary N) is 1. The van der Waals surface area contributed by atoms with Crippen LogP contribution in [0.4, 0.5) is 24.1 Å². The summed E-state index contributed by atoms with van der Waals surface area (Å²) in [5, 5.41) is 3.12. The second-order valence-electron chi connectivity index (χ2n) is 10.7. The molecule has 3 aromatic heterocycles. The van der Waals surface area contributed by atoms with Gasteiger partial charge in [0, 0.05) is 38.7 Å². The number of hydrogen-bond acceptors (Lipinski definition) is 9. The highest BCUT2D eigenvalue weighted by atomic mass is 32.1. The number of benzene rings is 1. The summed E-state index contributed by atoms with van der Waals surface area (Å²) in [6.45, 7) is 7.38. The Morgan fingerprint density at radius 2 is 2.00 bits per heavy atom. The van der Waals surface area contributed by atoms with Crippen molar-refractivity contribution < 1.29 is 22.7 Å². The van der Waals surface area contributed by atoms with Gasteiger partial charge in [0.1, 0.15) is 23.4 Å². The van der Waals surface area contributed by atoms with E-state index in [2.05, 4.69) is 44.0 Å². The number of anilines is 2. The van der Waals surface area contributed by atoms with Gasteiger partial charge in [-0.05, 0) is 49.4 Å². The van der Waals surface area contributed by atoms with Crippen LogP contribution in [0.1, 0.15) is 45.7 Å². The lowest BCUT2D eigenvalue weighted by atomic mass is 10.0. The topological polar surface area (TPSA) is 96.4 Å². The zero-order valence-corrected chi connectivity index (χ0v) is 24.6. The van der Waals surface area contributed by atoms with E-state index < -0.39 is 11.9 Å². The Balaban J connectivity index is 1.51. The van der Waals surface area contributed by atoms with E-state index in [1.807, 2.05) is 11.0 Å². The molecular weight excluding hydrogens is 567 g/mol. The molecule has 1 saturated heterocycles. The number of likely N-dealkylation sites (tertiary alicyclic amines) is 1. The monoisotopic (exact) mass is 599 g/mol. The molecule has 1 aliphatic heterocycles. The molecule has 4 heterocycles. The molecule has 0 bridgehead atoms. The number of amides is 1. The molecule has 1 aromatic carbocycles. The van der Waals surface area contributed by atoms with E-state index in [9.17, 15) is 18.0 Å². The van der Waals surface area contributed by atoms with Crippen LogP contribution in [0.15, 0.2) is 42.7 Å². The summed E-state index contributed by atoms with van der Waals surface area (Å²) in [5.41, 5.74) is 0.395. The number of fused-ring (bicyclic) bond motifs is 1. The first-order chi connectivity index (χ1) is 20.0. The van der Waals surface area contributed by atoms with Gasteiger partial charge < -0.3 is 15.0 Å². The fourth-order valence-corrected chi connectivity index (χ4v) is 6.10. The maximum atomic E-state index is 13.8. The largest absolute Gasteiger partial charge is 0.437 e. The molecule has 1 fully saturated rings. The standard InChI is InChI=1S/C29H32F3N7O2S/c1-17(2)15-39-13-6-5-10-25(39)38(4)27-19(11-12-23(36-27)29(30,31)32)20-14-24(34-16-33-20)41-21-8-7-9-22-26(21)37-28(42-22)35-18(3)40/h7-9,11-12,14,16-17,25H,5-6,10,13,15H2,1-4H3,(H,35,37,40)/t25-/m1/s1. The Bertz CT molecular complexity index is 1580. The lowest BCUT2D eigenvalue weighted by molar-refractivity contribution is -0.141. The fraction of sp³-hybridized carbons (Fsp3) is 0.414. The summed E-state index contributed by atoms with van der Waals surface area (Å²) in [7, 11) is 1.80. The quantitative estimate of drug-likeness (QED) is 0.236. The number of alkyl halides is 3. The van der Waals surface area contributed by atoms with Crippen LogP contribution < -0.4 is 15.0 Å². The minimum Gasteiger partial charge on any atom is -0.437 e. The number of pyridine rings is 1. The number of rotatable bonds is 8. The van der Waals surface area contributed by atoms with E-state index in [1.54, 1.807) is 25.2 Å². The SMILES string of the molecule is CC(=O)Nc1nc2c(Oc3cc(-c4ccc(C(F)(F)F)nc4N(C)[C@H]4CCCCN4CC(C)C)ncn3)cccc2s1. The van der Waals surface area contributed by atoms with Crippen LogP contribution in [-0.4, -0.2) is 57.0 Å². The first-order valence-electron chi connectivity index (χ1n) is 13.7. The molecule has 1 atom stereocenters. The number of hydrogen-bond donors (Lipinski definition) is 1. The Hall–Kier alpha value is -3.84. The molecule has 0 saturated carbocycles. The summed E-state index contributed by atoms with van der Waals surface area (Å²) in [6, 6.07) is 9.35. The van der Waals surface area contributed by atoms with Gasteiger partial charge in [-0.1, -0.05) is 31.3 Å². The van der Waals surface area contributed by atoms with Crippen LogP contribution in [0.5, 0.6) is 11.6 Å². The smallest absolute Gasteiger partial charge is 0.433 e. The van der Waals surface area contributed by atoms with E-state index in [0.717, 1.165) is 43.1 Å². The number of carbonyl (C=O) groups excluding carboxylic acids is 1. The first-order valence-corrected chi connectivity index (χ1v) is 14.5. The Morgan fingerprint density at radius 3 is 2.74 bits per heavy atom. The molecule has 1 N–H and O–H groups in total. The molecule has 9 nitrogen and oxygen atoms in total. The molecule has 0 spiro atoms. The Morgan fingerprint density at radius 1 is 1.19 bits per heavy atom. The molecule has 1 aliphatic rings. The predicted molar refractivity (Wildman–Crippen MR) is 157 cm³/mol. The number of thiazole rings is 1. The summed E-state index contributed by atoms with van der Waals surface area (Å²) in [6.07, 6.45) is -0.549. The van der Waals surface area contributed by atoms with Crippen molar-refractivity contribution >= 4 is 38.4 Å². The number of aromatic nitrogens is 4. The maximum Gasteiger partial charge on any atom is 0.433 e. The summed E-state index contributed by atoms with van der Waals surface area (Å²) in [4.78, 5) is 32.9. The van der Waals surface area contributed by atoms with Crippen molar-refractivity contribution in [3.63, 3.8) is 0 Å². The predicted octanol–water partition coefficient (Wildman–Crippen LogP) is 6.82. The molecule has 0 unspecified atom stereocenters. The molecular formula is C29H32F3N7O2S. The third-order valence-corrected chi connectivity index (χ3v) is 7.86. The number of piperidine rings is 1.